The van der Waals surface area contributed by atoms with Gasteiger partial charge in [-0.15, -0.1) is 24.8 Å². The zero-order valence-corrected chi connectivity index (χ0v) is 7.31. The molecule has 2 nitrogen and oxygen atoms in total. The number of halogens is 2. The van der Waals surface area contributed by atoms with Gasteiger partial charge in [0.15, 0.2) is 0 Å². The lowest BCUT2D eigenvalue weighted by Gasteiger charge is -1.87. The molecule has 2 heterocycles. The van der Waals surface area contributed by atoms with Crippen molar-refractivity contribution < 1.29 is 0 Å². The average Bonchev–Trinajstić information content (AvgIpc) is 2.33. The van der Waals surface area contributed by atoms with Gasteiger partial charge in [0, 0.05) is 18.6 Å². The van der Waals surface area contributed by atoms with Crippen LogP contribution in [0, 0.1) is 0 Å². The molecule has 0 amide bonds. The van der Waals surface area contributed by atoms with Gasteiger partial charge in [-0.25, -0.2) is 0 Å². The van der Waals surface area contributed by atoms with E-state index in [-0.39, 0.29) is 24.8 Å². The summed E-state index contributed by atoms with van der Waals surface area (Å²) in [6.45, 7) is 0. The van der Waals surface area contributed by atoms with Crippen molar-refractivity contribution in [3.8, 4) is 0 Å². The second-order valence-corrected chi connectivity index (χ2v) is 1.92. The van der Waals surface area contributed by atoms with Gasteiger partial charge in [-0.1, -0.05) is 0 Å². The van der Waals surface area contributed by atoms with Crippen LogP contribution in [0.3, 0.4) is 0 Å². The van der Waals surface area contributed by atoms with Crippen molar-refractivity contribution in [2.24, 2.45) is 0 Å². The number of nitrogens with zero attached hydrogens (tertiary/aromatic N) is 2. The Bertz CT molecular complexity index is 288. The van der Waals surface area contributed by atoms with Crippen molar-refractivity contribution in [1.29, 1.82) is 0 Å². The van der Waals surface area contributed by atoms with Crippen molar-refractivity contribution in [2.45, 2.75) is 0 Å². The largest absolute Gasteiger partial charge is 0.321 e. The topological polar surface area (TPSA) is 17.3 Å². The number of aromatic nitrogens is 2. The lowest BCUT2D eigenvalue weighted by atomic mass is 10.5. The van der Waals surface area contributed by atoms with Crippen LogP contribution in [-0.2, 0) is 0 Å². The highest BCUT2D eigenvalue weighted by Crippen LogP contribution is 1.98. The maximum atomic E-state index is 3.96. The smallest absolute Gasteiger partial charge is 0.0634 e. The van der Waals surface area contributed by atoms with Crippen molar-refractivity contribution >= 4 is 30.3 Å². The molecule has 60 valence electrons. The summed E-state index contributed by atoms with van der Waals surface area (Å²) in [7, 11) is 0. The lowest BCUT2D eigenvalue weighted by molar-refractivity contribution is 1.14. The third kappa shape index (κ3) is 1.85. The van der Waals surface area contributed by atoms with Gasteiger partial charge in [0.05, 0.1) is 11.7 Å². The molecule has 0 spiro atoms. The monoisotopic (exact) mass is 190 g/mol. The van der Waals surface area contributed by atoms with E-state index in [0.717, 1.165) is 5.52 Å². The van der Waals surface area contributed by atoms with Gasteiger partial charge in [0.25, 0.3) is 0 Å². The maximum Gasteiger partial charge on any atom is 0.0634 e. The molecule has 0 aliphatic rings. The minimum atomic E-state index is 0. The first-order valence-corrected chi connectivity index (χ1v) is 2.83. The molecule has 0 unspecified atom stereocenters. The van der Waals surface area contributed by atoms with Gasteiger partial charge in [0.2, 0.25) is 0 Å². The Morgan fingerprint density at radius 1 is 1.18 bits per heavy atom. The van der Waals surface area contributed by atoms with Crippen molar-refractivity contribution in [2.75, 3.05) is 0 Å². The molecule has 0 radical (unpaired) electrons. The molecule has 0 N–H and O–H groups in total. The predicted octanol–water partition coefficient (Wildman–Crippen LogP) is 2.18. The molecule has 0 bridgehead atoms. The van der Waals surface area contributed by atoms with Crippen LogP contribution in [0.5, 0.6) is 0 Å². The highest BCUT2D eigenvalue weighted by Gasteiger charge is 1.84. The van der Waals surface area contributed by atoms with E-state index in [4.69, 9.17) is 0 Å². The van der Waals surface area contributed by atoms with E-state index < -0.39 is 0 Å². The van der Waals surface area contributed by atoms with E-state index in [9.17, 15) is 0 Å². The molecule has 0 saturated carbocycles. The first kappa shape index (κ1) is 10.3. The maximum absolute atomic E-state index is 3.96. The standard InChI is InChI=1S/C7H6N2.2ClH/c1-2-7-6-8-3-5-9(7)4-1;;/h1-6H;2*1H. The first-order valence-electron chi connectivity index (χ1n) is 2.83. The van der Waals surface area contributed by atoms with Gasteiger partial charge in [-0.3, -0.25) is 4.98 Å². The van der Waals surface area contributed by atoms with Crippen molar-refractivity contribution in [3.05, 3.63) is 36.9 Å². The van der Waals surface area contributed by atoms with Crippen LogP contribution in [0.2, 0.25) is 0 Å². The predicted molar refractivity (Wildman–Crippen MR) is 49.7 cm³/mol. The van der Waals surface area contributed by atoms with E-state index >= 15 is 0 Å². The van der Waals surface area contributed by atoms with Crippen LogP contribution in [-0.4, -0.2) is 9.38 Å². The third-order valence-electron chi connectivity index (χ3n) is 1.33. The summed E-state index contributed by atoms with van der Waals surface area (Å²) in [5, 5.41) is 0. The zero-order valence-electron chi connectivity index (χ0n) is 5.68. The van der Waals surface area contributed by atoms with Gasteiger partial charge < -0.3 is 4.40 Å². The van der Waals surface area contributed by atoms with Crippen molar-refractivity contribution in [3.63, 3.8) is 0 Å². The molecular formula is C7H8Cl2N2. The van der Waals surface area contributed by atoms with Crippen LogP contribution in [0.4, 0.5) is 0 Å². The fourth-order valence-electron chi connectivity index (χ4n) is 0.882. The van der Waals surface area contributed by atoms with Gasteiger partial charge in [0.1, 0.15) is 0 Å². The molecule has 0 atom stereocenters. The van der Waals surface area contributed by atoms with E-state index in [1.807, 2.05) is 35.1 Å². The molecule has 2 rings (SSSR count). The van der Waals surface area contributed by atoms with E-state index in [2.05, 4.69) is 4.98 Å². The normalized spacial score (nSPS) is 8.36. The SMILES string of the molecule is Cl.Cl.c1cc2cnccn2c1. The Labute approximate surface area is 77.1 Å². The van der Waals surface area contributed by atoms with Crippen LogP contribution in [0.25, 0.3) is 5.52 Å². The highest BCUT2D eigenvalue weighted by atomic mass is 35.5. The molecule has 0 aliphatic carbocycles. The Hall–Kier alpha value is -0.730. The quantitative estimate of drug-likeness (QED) is 0.623. The number of hydrogen-bond acceptors (Lipinski definition) is 1. The minimum Gasteiger partial charge on any atom is -0.321 e. The summed E-state index contributed by atoms with van der Waals surface area (Å²) in [6, 6.07) is 4.02. The van der Waals surface area contributed by atoms with Gasteiger partial charge in [-0.2, -0.15) is 0 Å². The third-order valence-corrected chi connectivity index (χ3v) is 1.33. The van der Waals surface area contributed by atoms with Gasteiger partial charge >= 0.3 is 0 Å². The molecule has 2 aromatic rings. The summed E-state index contributed by atoms with van der Waals surface area (Å²) in [6.07, 6.45) is 7.53. The van der Waals surface area contributed by atoms with E-state index in [0.29, 0.717) is 0 Å². The molecule has 0 aromatic carbocycles. The second kappa shape index (κ2) is 4.21. The highest BCUT2D eigenvalue weighted by molar-refractivity contribution is 5.85. The van der Waals surface area contributed by atoms with Crippen LogP contribution in [0.1, 0.15) is 0 Å². The Morgan fingerprint density at radius 2 is 2.00 bits per heavy atom. The molecule has 11 heavy (non-hydrogen) atoms. The lowest BCUT2D eigenvalue weighted by Crippen LogP contribution is -1.79. The number of hydrogen-bond donors (Lipinski definition) is 0. The zero-order chi connectivity index (χ0) is 6.10. The molecule has 0 aliphatic heterocycles. The van der Waals surface area contributed by atoms with Gasteiger partial charge in [-0.05, 0) is 12.1 Å². The minimum absolute atomic E-state index is 0. The van der Waals surface area contributed by atoms with E-state index in [1.54, 1.807) is 6.20 Å². The average molecular weight is 191 g/mol. The number of fused-ring (bicyclic) bond motifs is 1. The first-order chi connectivity index (χ1) is 4.47. The molecule has 0 saturated heterocycles. The molecule has 2 aromatic heterocycles. The van der Waals surface area contributed by atoms with Crippen LogP contribution < -0.4 is 0 Å². The molecule has 0 fully saturated rings. The molecule has 4 heteroatoms. The fraction of sp³-hybridized carbons (Fsp3) is 0. The Morgan fingerprint density at radius 3 is 2.73 bits per heavy atom. The number of rotatable bonds is 0. The molecular weight excluding hydrogens is 183 g/mol. The van der Waals surface area contributed by atoms with Crippen LogP contribution in [0.15, 0.2) is 36.9 Å². The summed E-state index contributed by atoms with van der Waals surface area (Å²) in [5.74, 6) is 0. The van der Waals surface area contributed by atoms with Crippen molar-refractivity contribution in [1.82, 2.24) is 9.38 Å². The fourth-order valence-corrected chi connectivity index (χ4v) is 0.882. The van der Waals surface area contributed by atoms with Crippen LogP contribution >= 0.6 is 24.8 Å². The summed E-state index contributed by atoms with van der Waals surface area (Å²) in [4.78, 5) is 3.96. The second-order valence-electron chi connectivity index (χ2n) is 1.92. The Kier molecular flexibility index (Phi) is 3.93. The summed E-state index contributed by atoms with van der Waals surface area (Å²) >= 11 is 0. The van der Waals surface area contributed by atoms with E-state index in [1.165, 1.54) is 0 Å². The summed E-state index contributed by atoms with van der Waals surface area (Å²) < 4.78 is 2.02. The Balaban J connectivity index is 0.000000500. The summed E-state index contributed by atoms with van der Waals surface area (Å²) in [5.41, 5.74) is 1.14.